The van der Waals surface area contributed by atoms with E-state index in [0.717, 1.165) is 148 Å². The van der Waals surface area contributed by atoms with E-state index < -0.39 is 52.6 Å². The summed E-state index contributed by atoms with van der Waals surface area (Å²) < 4.78 is 161. The Hall–Kier alpha value is -18.7. The number of ether oxygens (including phenoxy) is 1. The van der Waals surface area contributed by atoms with E-state index in [9.17, 15) is 48.3 Å². The van der Waals surface area contributed by atoms with Crippen LogP contribution in [0.2, 0.25) is 5.02 Å². The number of alkyl halides is 6. The van der Waals surface area contributed by atoms with Gasteiger partial charge in [0.25, 0.3) is 0 Å². The lowest BCUT2D eigenvalue weighted by Crippen LogP contribution is -2.05. The van der Waals surface area contributed by atoms with Gasteiger partial charge in [0.1, 0.15) is 43.7 Å². The van der Waals surface area contributed by atoms with Gasteiger partial charge in [-0.25, -0.2) is 78.9 Å². The lowest BCUT2D eigenvalue weighted by atomic mass is 9.95. The molecule has 0 aliphatic rings. The van der Waals surface area contributed by atoms with Gasteiger partial charge < -0.3 is 4.74 Å². The molecule has 18 heterocycles. The zero-order chi connectivity index (χ0) is 101. The van der Waals surface area contributed by atoms with Crippen LogP contribution in [0.4, 0.5) is 48.3 Å². The van der Waals surface area contributed by atoms with Crippen LogP contribution in [-0.4, -0.2) is 125 Å². The van der Waals surface area contributed by atoms with Crippen LogP contribution < -0.4 is 4.74 Å². The Balaban J connectivity index is 0.000000110. The number of hydrogen-bond donors (Lipinski definition) is 0. The largest absolute Gasteiger partial charge is 0.497 e. The number of aromatic nitrogens is 24. The topological polar surface area (TPSA) is 268 Å². The second-order valence-electron chi connectivity index (χ2n) is 32.4. The Morgan fingerprint density at radius 2 is 0.566 bits per heavy atom. The Kier molecular flexibility index (Phi) is 27.1. The first kappa shape index (κ1) is 95.2. The third kappa shape index (κ3) is 21.0. The Bertz CT molecular complexity index is 8870. The number of aryl methyl sites for hydroxylation is 3. The smallest absolute Gasteiger partial charge is 0.416 e. The van der Waals surface area contributed by atoms with Crippen LogP contribution in [0.25, 0.3) is 168 Å². The fraction of sp³-hybridized carbons (Fsp3) is 0.0556. The first-order valence-corrected chi connectivity index (χ1v) is 44.5. The molecule has 0 fully saturated rings. The van der Waals surface area contributed by atoms with E-state index >= 15 is 0 Å². The second kappa shape index (κ2) is 41.4. The number of pyridine rings is 12. The Morgan fingerprint density at radius 1 is 0.248 bits per heavy atom. The molecule has 0 saturated heterocycles. The summed E-state index contributed by atoms with van der Waals surface area (Å²) in [6.07, 6.45) is 20.8. The molecule has 25 nitrogen and oxygen atoms in total. The van der Waals surface area contributed by atoms with E-state index in [1.54, 1.807) is 159 Å². The summed E-state index contributed by atoms with van der Waals surface area (Å²) in [6, 6.07) is 72.0. The van der Waals surface area contributed by atoms with Gasteiger partial charge >= 0.3 is 12.4 Å². The van der Waals surface area contributed by atoms with Gasteiger partial charge in [0.2, 0.25) is 0 Å². The summed E-state index contributed by atoms with van der Waals surface area (Å²) in [5, 5.41) is 25.1. The number of rotatable bonds is 13. The minimum absolute atomic E-state index is 0.156. The van der Waals surface area contributed by atoms with Crippen molar-refractivity contribution in [1.29, 1.82) is 0 Å². The summed E-state index contributed by atoms with van der Waals surface area (Å²) in [6.45, 7) is 5.55. The van der Waals surface area contributed by atoms with Gasteiger partial charge in [-0.1, -0.05) is 90.0 Å². The molecule has 0 radical (unpaired) electrons. The molecule has 18 aromatic heterocycles. The highest BCUT2D eigenvalue weighted by Gasteiger charge is 2.33. The molecule has 37 heteroatoms. The molecule has 0 aliphatic heterocycles. The first-order valence-electron chi connectivity index (χ1n) is 44.2. The highest BCUT2D eigenvalue weighted by Crippen LogP contribution is 2.43. The van der Waals surface area contributed by atoms with Crippen molar-refractivity contribution in [1.82, 2.24) is 117 Å². The van der Waals surface area contributed by atoms with Gasteiger partial charge in [0.15, 0.2) is 63.0 Å². The first-order chi connectivity index (χ1) is 70.3. The number of benzene rings is 6. The van der Waals surface area contributed by atoms with Crippen LogP contribution in [0.15, 0.2) is 367 Å². The van der Waals surface area contributed by atoms with Crippen molar-refractivity contribution < 1.29 is 53.0 Å². The predicted octanol–water partition coefficient (Wildman–Crippen LogP) is 25.1. The fourth-order valence-corrected chi connectivity index (χ4v) is 16.3. The summed E-state index contributed by atoms with van der Waals surface area (Å²) in [4.78, 5) is 51.5. The number of fused-ring (bicyclic) bond motifs is 6. The predicted molar refractivity (Wildman–Crippen MR) is 525 cm³/mol. The molecule has 0 spiro atoms. The van der Waals surface area contributed by atoms with Gasteiger partial charge in [-0.2, -0.15) is 56.9 Å². The number of halogens is 12. The molecule has 24 rings (SSSR count). The Morgan fingerprint density at radius 3 is 0.931 bits per heavy atom. The van der Waals surface area contributed by atoms with Crippen LogP contribution in [0.3, 0.4) is 0 Å². The van der Waals surface area contributed by atoms with Crippen LogP contribution >= 0.6 is 11.6 Å². The molecule has 0 saturated carbocycles. The summed E-state index contributed by atoms with van der Waals surface area (Å²) >= 11 is 6.40. The van der Waals surface area contributed by atoms with E-state index in [0.29, 0.717) is 78.2 Å². The normalized spacial score (nSPS) is 11.3. The van der Waals surface area contributed by atoms with Gasteiger partial charge in [0.05, 0.1) is 52.4 Å². The molecule has 145 heavy (non-hydrogen) atoms. The molecule has 714 valence electrons. The zero-order valence-electron chi connectivity index (χ0n) is 76.3. The molecule has 0 atom stereocenters. The minimum atomic E-state index is -4.40. The second-order valence-corrected chi connectivity index (χ2v) is 32.8. The standard InChI is InChI=1S/C19H13F3N4.C18H13ClN4.C18H11F3N4.C18H12F2N4.C18H14N4O.C17H9F3N4/c1-12-4-5-14(19(20,21)22)10-16(12)18-15(3-2-7-23-18)13-6-8-26-17(9-13)24-11-25-26;1-12-4-5-16(19)15(9-12)18-14(3-2-7-20-18)13-6-8-23-17(10-13)21-11-22-23;19-18(20,21)14-4-1-3-13(9-14)17-15(5-2-7-22-17)12-6-8-25-16(10-12)23-11-24-25;1-11-7-15(19)16(20)9-14(11)18-13(3-2-5-21-18)12-4-6-24-17(8-12)22-10-23-24;1-23-15-5-2-4-14(10-15)18-16(6-3-8-19-18)13-7-9-22-17(11-13)20-12-21-22;18-13-6-11(7-14(19)16(13)20)17-12(2-1-4-21-17)10-3-5-24-15(8-10)22-9-23-24/h2-11H,1H3;2-11H,1H3;1-11H;2-10H,1H3;2-12H,1H3;1-9H. The third-order valence-corrected chi connectivity index (χ3v) is 23.5. The SMILES string of the molecule is COc1cccc(-c2ncccc2-c2ccn3ncnc3c2)c1.Cc1cc(F)c(F)cc1-c1ncccc1-c1ccn2ncnc2c1.Cc1ccc(C(F)(F)F)cc1-c1ncccc1-c1ccn2ncnc2c1.Cc1ccc(Cl)c(-c2ncccc2-c2ccn3ncnc3c2)c1.FC(F)(F)c1cccc(-c2ncccc2-c2ccn3ncnc3c2)c1.Fc1cc(-c2ncccc2-c2ccn3ncnc3c2)cc(F)c1F. The average molecular weight is 1970 g/mol. The zero-order valence-corrected chi connectivity index (χ0v) is 77.1. The van der Waals surface area contributed by atoms with Gasteiger partial charge in [0, 0.05) is 146 Å². The van der Waals surface area contributed by atoms with Gasteiger partial charge in [-0.3, -0.25) is 29.9 Å². The van der Waals surface area contributed by atoms with Crippen molar-refractivity contribution in [2.75, 3.05) is 7.11 Å². The van der Waals surface area contributed by atoms with Crippen LogP contribution in [-0.2, 0) is 12.4 Å². The van der Waals surface area contributed by atoms with Crippen molar-refractivity contribution in [3.05, 3.63) is 429 Å². The van der Waals surface area contributed by atoms with E-state index in [1.807, 2.05) is 159 Å². The molecule has 0 amide bonds. The number of methoxy groups -OCH3 is 1. The van der Waals surface area contributed by atoms with Crippen molar-refractivity contribution in [2.45, 2.75) is 33.1 Å². The summed E-state index contributed by atoms with van der Waals surface area (Å²) in [7, 11) is 1.66. The van der Waals surface area contributed by atoms with E-state index in [4.69, 9.17) is 16.3 Å². The molecule has 0 unspecified atom stereocenters. The molecule has 0 N–H and O–H groups in total. The van der Waals surface area contributed by atoms with Crippen LogP contribution in [0.1, 0.15) is 27.8 Å². The van der Waals surface area contributed by atoms with Crippen LogP contribution in [0.5, 0.6) is 5.75 Å². The fourth-order valence-electron chi connectivity index (χ4n) is 16.1. The highest BCUT2D eigenvalue weighted by molar-refractivity contribution is 6.33. The Labute approximate surface area is 820 Å². The van der Waals surface area contributed by atoms with Gasteiger partial charge in [-0.05, 0) is 247 Å². The van der Waals surface area contributed by atoms with E-state index in [-0.39, 0.29) is 5.56 Å². The lowest BCUT2D eigenvalue weighted by molar-refractivity contribution is -0.138. The summed E-state index contributed by atoms with van der Waals surface area (Å²) in [5.74, 6) is -4.95. The van der Waals surface area contributed by atoms with Crippen molar-refractivity contribution in [3.8, 4) is 140 Å². The molecule has 0 aliphatic carbocycles. The van der Waals surface area contributed by atoms with Crippen molar-refractivity contribution in [3.63, 3.8) is 0 Å². The van der Waals surface area contributed by atoms with Crippen LogP contribution in [0, 0.1) is 49.9 Å². The molecular formula is C108H72ClF11N24O. The third-order valence-electron chi connectivity index (χ3n) is 23.2. The lowest BCUT2D eigenvalue weighted by Gasteiger charge is -2.14. The monoisotopic (exact) mass is 1960 g/mol. The maximum atomic E-state index is 13.7. The average Bonchev–Trinajstić information content (AvgIpc) is 1.11. The molecular weight excluding hydrogens is 1890 g/mol. The maximum Gasteiger partial charge on any atom is 0.416 e. The van der Waals surface area contributed by atoms with Gasteiger partial charge in [-0.15, -0.1) is 0 Å². The van der Waals surface area contributed by atoms with Crippen molar-refractivity contribution in [2.24, 2.45) is 0 Å². The molecule has 6 aromatic carbocycles. The molecule has 24 aromatic rings. The van der Waals surface area contributed by atoms with Crippen molar-refractivity contribution >= 4 is 45.5 Å². The number of nitrogens with zero attached hydrogens (tertiary/aromatic N) is 24. The van der Waals surface area contributed by atoms with E-state index in [2.05, 4.69) is 103 Å². The quantitative estimate of drug-likeness (QED) is 0.0766. The van der Waals surface area contributed by atoms with E-state index in [1.165, 1.54) is 55.8 Å². The number of hydrogen-bond acceptors (Lipinski definition) is 19. The minimum Gasteiger partial charge on any atom is -0.497 e. The summed E-state index contributed by atoms with van der Waals surface area (Å²) in [5.41, 5.74) is 22.9. The highest BCUT2D eigenvalue weighted by atomic mass is 35.5. The molecule has 0 bridgehead atoms. The maximum absolute atomic E-state index is 13.7.